The molecular weight excluding hydrogens is 275 g/mol. The van der Waals surface area contributed by atoms with Crippen molar-refractivity contribution in [3.63, 3.8) is 0 Å². The van der Waals surface area contributed by atoms with Crippen molar-refractivity contribution in [1.29, 1.82) is 0 Å². The van der Waals surface area contributed by atoms with E-state index in [4.69, 9.17) is 11.6 Å². The molecule has 2 aromatic rings. The van der Waals surface area contributed by atoms with Crippen LogP contribution in [0, 0.1) is 22.9 Å². The molecule has 0 unspecified atom stereocenters. The highest BCUT2D eigenvalue weighted by Gasteiger charge is 2.22. The maximum absolute atomic E-state index is 13.2. The first kappa shape index (κ1) is 13.2. The van der Waals surface area contributed by atoms with Gasteiger partial charge in [-0.05, 0) is 24.6 Å². The lowest BCUT2D eigenvalue weighted by molar-refractivity contribution is -0.384. The van der Waals surface area contributed by atoms with Gasteiger partial charge in [0.25, 0.3) is 0 Å². The summed E-state index contributed by atoms with van der Waals surface area (Å²) in [5, 5.41) is 13.3. The summed E-state index contributed by atoms with van der Waals surface area (Å²) in [5.41, 5.74) is 0.635. The van der Waals surface area contributed by atoms with Crippen molar-refractivity contribution < 1.29 is 9.31 Å². The second-order valence-electron chi connectivity index (χ2n) is 3.70. The minimum atomic E-state index is -0.695. The van der Waals surface area contributed by atoms with Crippen molar-refractivity contribution in [2.45, 2.75) is 6.92 Å². The van der Waals surface area contributed by atoms with Gasteiger partial charge in [0.2, 0.25) is 11.0 Å². The molecule has 2 rings (SSSR count). The van der Waals surface area contributed by atoms with Gasteiger partial charge in [-0.3, -0.25) is 10.1 Å². The van der Waals surface area contributed by atoms with Gasteiger partial charge in [0.05, 0.1) is 4.92 Å². The molecule has 0 aliphatic rings. The molecule has 0 aliphatic heterocycles. The number of hydrogen-bond acceptors (Lipinski definition) is 5. The van der Waals surface area contributed by atoms with Gasteiger partial charge in [0.1, 0.15) is 12.1 Å². The number of nitro groups is 1. The number of nitrogens with zero attached hydrogens (tertiary/aromatic N) is 3. The largest absolute Gasteiger partial charge is 0.348 e. The highest BCUT2D eigenvalue weighted by molar-refractivity contribution is 6.31. The Morgan fingerprint density at radius 3 is 2.84 bits per heavy atom. The van der Waals surface area contributed by atoms with Crippen molar-refractivity contribution in [2.24, 2.45) is 0 Å². The number of benzene rings is 1. The van der Waals surface area contributed by atoms with Crippen LogP contribution in [0.5, 0.6) is 0 Å². The monoisotopic (exact) mass is 282 g/mol. The van der Waals surface area contributed by atoms with Crippen molar-refractivity contribution >= 4 is 28.8 Å². The third-order valence-electron chi connectivity index (χ3n) is 2.41. The van der Waals surface area contributed by atoms with Crippen molar-refractivity contribution in [2.75, 3.05) is 5.32 Å². The molecule has 6 nitrogen and oxygen atoms in total. The fraction of sp³-hybridized carbons (Fsp3) is 0.0909. The van der Waals surface area contributed by atoms with Crippen molar-refractivity contribution in [3.8, 4) is 0 Å². The van der Waals surface area contributed by atoms with Crippen molar-refractivity contribution in [1.82, 2.24) is 9.97 Å². The highest BCUT2D eigenvalue weighted by Crippen LogP contribution is 2.31. The highest BCUT2D eigenvalue weighted by atomic mass is 35.5. The van der Waals surface area contributed by atoms with Crippen molar-refractivity contribution in [3.05, 3.63) is 51.2 Å². The van der Waals surface area contributed by atoms with Crippen LogP contribution < -0.4 is 5.32 Å². The van der Waals surface area contributed by atoms with Crippen LogP contribution in [0.1, 0.15) is 5.56 Å². The second-order valence-corrected chi connectivity index (χ2v) is 4.06. The fourth-order valence-electron chi connectivity index (χ4n) is 1.47. The summed E-state index contributed by atoms with van der Waals surface area (Å²) in [6, 6.07) is 4.06. The Morgan fingerprint density at radius 2 is 2.16 bits per heavy atom. The van der Waals surface area contributed by atoms with Gasteiger partial charge < -0.3 is 5.32 Å². The molecule has 8 heteroatoms. The maximum atomic E-state index is 13.2. The van der Waals surface area contributed by atoms with E-state index in [-0.39, 0.29) is 11.0 Å². The second kappa shape index (κ2) is 5.15. The Kier molecular flexibility index (Phi) is 3.57. The normalized spacial score (nSPS) is 10.3. The average molecular weight is 283 g/mol. The summed E-state index contributed by atoms with van der Waals surface area (Å²) < 4.78 is 13.2. The zero-order chi connectivity index (χ0) is 14.0. The Morgan fingerprint density at radius 1 is 1.42 bits per heavy atom. The van der Waals surface area contributed by atoms with E-state index in [2.05, 4.69) is 15.3 Å². The lowest BCUT2D eigenvalue weighted by atomic mass is 10.2. The number of halogens is 2. The molecule has 1 heterocycles. The molecule has 1 N–H and O–H groups in total. The Hall–Kier alpha value is -2.28. The number of anilines is 2. The Bertz CT molecular complexity index is 651. The predicted molar refractivity (Wildman–Crippen MR) is 68.1 cm³/mol. The maximum Gasteiger partial charge on any atom is 0.348 e. The topological polar surface area (TPSA) is 81.0 Å². The van der Waals surface area contributed by atoms with Crippen LogP contribution in [0.4, 0.5) is 21.6 Å². The number of aromatic nitrogens is 2. The summed E-state index contributed by atoms with van der Waals surface area (Å²) in [6.07, 6.45) is 1.09. The zero-order valence-electron chi connectivity index (χ0n) is 9.72. The lowest BCUT2D eigenvalue weighted by Crippen LogP contribution is -2.02. The van der Waals surface area contributed by atoms with E-state index >= 15 is 0 Å². The van der Waals surface area contributed by atoms with Gasteiger partial charge >= 0.3 is 5.69 Å². The molecule has 0 saturated heterocycles. The SMILES string of the molecule is Cc1ccc(F)cc1Nc1ncnc(Cl)c1[N+](=O)[O-]. The quantitative estimate of drug-likeness (QED) is 0.531. The van der Waals surface area contributed by atoms with E-state index in [0.29, 0.717) is 11.3 Å². The Labute approximate surface area is 112 Å². The van der Waals surface area contributed by atoms with Crippen LogP contribution in [-0.4, -0.2) is 14.9 Å². The van der Waals surface area contributed by atoms with Gasteiger partial charge in [0.15, 0.2) is 0 Å². The molecule has 0 amide bonds. The summed E-state index contributed by atoms with van der Waals surface area (Å²) in [7, 11) is 0. The molecule has 0 fully saturated rings. The Balaban J connectivity index is 2.46. The van der Waals surface area contributed by atoms with E-state index in [1.165, 1.54) is 12.1 Å². The van der Waals surface area contributed by atoms with Gasteiger partial charge in [-0.2, -0.15) is 0 Å². The number of rotatable bonds is 3. The first-order valence-corrected chi connectivity index (χ1v) is 5.55. The summed E-state index contributed by atoms with van der Waals surface area (Å²) in [4.78, 5) is 17.5. The molecule has 0 saturated carbocycles. The molecule has 0 bridgehead atoms. The molecular formula is C11H8ClFN4O2. The van der Waals surface area contributed by atoms with Gasteiger partial charge in [-0.15, -0.1) is 0 Å². The zero-order valence-corrected chi connectivity index (χ0v) is 10.5. The van der Waals surface area contributed by atoms with E-state index in [1.807, 2.05) is 0 Å². The predicted octanol–water partition coefficient (Wildman–Crippen LogP) is 3.23. The molecule has 0 aliphatic carbocycles. The van der Waals surface area contributed by atoms with Gasteiger partial charge in [-0.25, -0.2) is 14.4 Å². The van der Waals surface area contributed by atoms with Crippen LogP contribution in [0.2, 0.25) is 5.15 Å². The van der Waals surface area contributed by atoms with Crippen LogP contribution in [0.3, 0.4) is 0 Å². The minimum absolute atomic E-state index is 0.0845. The lowest BCUT2D eigenvalue weighted by Gasteiger charge is -2.09. The number of nitrogens with one attached hydrogen (secondary N) is 1. The van der Waals surface area contributed by atoms with Crippen LogP contribution in [0.15, 0.2) is 24.5 Å². The van der Waals surface area contributed by atoms with E-state index < -0.39 is 16.4 Å². The van der Waals surface area contributed by atoms with Crippen LogP contribution in [0.25, 0.3) is 0 Å². The van der Waals surface area contributed by atoms with Gasteiger partial charge in [0, 0.05) is 5.69 Å². The van der Waals surface area contributed by atoms with E-state index in [1.54, 1.807) is 13.0 Å². The van der Waals surface area contributed by atoms with E-state index in [0.717, 1.165) is 6.33 Å². The molecule has 0 spiro atoms. The number of hydrogen-bond donors (Lipinski definition) is 1. The molecule has 1 aromatic carbocycles. The molecule has 19 heavy (non-hydrogen) atoms. The average Bonchev–Trinajstić information content (AvgIpc) is 2.33. The first-order chi connectivity index (χ1) is 8.99. The summed E-state index contributed by atoms with van der Waals surface area (Å²) >= 11 is 5.65. The number of aryl methyl sites for hydroxylation is 1. The van der Waals surface area contributed by atoms with E-state index in [9.17, 15) is 14.5 Å². The fourth-order valence-corrected chi connectivity index (χ4v) is 1.67. The summed E-state index contributed by atoms with van der Waals surface area (Å²) in [5.74, 6) is -0.547. The summed E-state index contributed by atoms with van der Waals surface area (Å²) in [6.45, 7) is 1.73. The smallest absolute Gasteiger partial charge is 0.334 e. The third kappa shape index (κ3) is 2.76. The van der Waals surface area contributed by atoms with Crippen LogP contribution >= 0.6 is 11.6 Å². The third-order valence-corrected chi connectivity index (χ3v) is 2.69. The molecule has 98 valence electrons. The van der Waals surface area contributed by atoms with Gasteiger partial charge in [-0.1, -0.05) is 17.7 Å². The van der Waals surface area contributed by atoms with Crippen LogP contribution in [-0.2, 0) is 0 Å². The minimum Gasteiger partial charge on any atom is -0.334 e. The molecule has 0 atom stereocenters. The molecule has 1 aromatic heterocycles. The first-order valence-electron chi connectivity index (χ1n) is 5.17. The standard InChI is InChI=1S/C11H8ClFN4O2/c1-6-2-3-7(13)4-8(6)16-11-9(17(18)19)10(12)14-5-15-11/h2-5H,1H3,(H,14,15,16). The molecule has 0 radical (unpaired) electrons.